The molecule has 1 rings (SSSR count). The van der Waals surface area contributed by atoms with E-state index in [1.54, 1.807) is 6.20 Å². The standard InChI is InChI=1S/C9H12N2/c1-3-7-11(2)9-5-4-6-10-8-9/h3-8H,1-2H3/b7-3-. The van der Waals surface area contributed by atoms with Crippen LogP contribution in [0.2, 0.25) is 0 Å². The maximum atomic E-state index is 4.01. The summed E-state index contributed by atoms with van der Waals surface area (Å²) in [5.74, 6) is 0. The van der Waals surface area contributed by atoms with Crippen LogP contribution in [0.3, 0.4) is 0 Å². The van der Waals surface area contributed by atoms with Crippen LogP contribution >= 0.6 is 0 Å². The van der Waals surface area contributed by atoms with Crippen LogP contribution in [0.4, 0.5) is 5.69 Å². The molecule has 0 aromatic carbocycles. The fourth-order valence-corrected chi connectivity index (χ4v) is 0.872. The molecule has 0 aliphatic carbocycles. The summed E-state index contributed by atoms with van der Waals surface area (Å²) >= 11 is 0. The maximum absolute atomic E-state index is 4.01. The van der Waals surface area contributed by atoms with Crippen LogP contribution < -0.4 is 4.90 Å². The molecule has 2 nitrogen and oxygen atoms in total. The van der Waals surface area contributed by atoms with Gasteiger partial charge in [-0.1, -0.05) is 6.08 Å². The lowest BCUT2D eigenvalue weighted by atomic mass is 10.4. The predicted octanol–water partition coefficient (Wildman–Crippen LogP) is 2.05. The van der Waals surface area contributed by atoms with E-state index in [0.717, 1.165) is 5.69 Å². The topological polar surface area (TPSA) is 16.1 Å². The van der Waals surface area contributed by atoms with Gasteiger partial charge in [0.05, 0.1) is 11.9 Å². The minimum Gasteiger partial charge on any atom is -0.350 e. The molecule has 0 spiro atoms. The molecular formula is C9H12N2. The van der Waals surface area contributed by atoms with Crippen molar-refractivity contribution in [2.45, 2.75) is 6.92 Å². The van der Waals surface area contributed by atoms with E-state index in [9.17, 15) is 0 Å². The molecule has 0 radical (unpaired) electrons. The minimum atomic E-state index is 1.10. The highest BCUT2D eigenvalue weighted by Gasteiger charge is 1.92. The Bertz CT molecular complexity index is 229. The first-order chi connectivity index (χ1) is 5.34. The normalized spacial score (nSPS) is 10.4. The molecule has 0 saturated carbocycles. The molecule has 1 aromatic rings. The van der Waals surface area contributed by atoms with Crippen molar-refractivity contribution in [1.82, 2.24) is 4.98 Å². The summed E-state index contributed by atoms with van der Waals surface area (Å²) in [5, 5.41) is 0. The molecule has 0 unspecified atom stereocenters. The molecule has 1 heterocycles. The van der Waals surface area contributed by atoms with Crippen molar-refractivity contribution < 1.29 is 0 Å². The Morgan fingerprint density at radius 2 is 2.36 bits per heavy atom. The Kier molecular flexibility index (Phi) is 2.66. The smallest absolute Gasteiger partial charge is 0.0589 e. The number of anilines is 1. The number of allylic oxidation sites excluding steroid dienone is 1. The lowest BCUT2D eigenvalue weighted by Gasteiger charge is -2.11. The summed E-state index contributed by atoms with van der Waals surface area (Å²) in [7, 11) is 2.00. The molecule has 0 fully saturated rings. The Labute approximate surface area is 67.2 Å². The van der Waals surface area contributed by atoms with Gasteiger partial charge >= 0.3 is 0 Å². The predicted molar refractivity (Wildman–Crippen MR) is 47.5 cm³/mol. The van der Waals surface area contributed by atoms with Gasteiger partial charge in [0.1, 0.15) is 0 Å². The van der Waals surface area contributed by atoms with Crippen LogP contribution in [0, 0.1) is 0 Å². The molecule has 0 N–H and O–H groups in total. The highest BCUT2D eigenvalue weighted by atomic mass is 15.1. The molecule has 0 aliphatic rings. The highest BCUT2D eigenvalue weighted by Crippen LogP contribution is 2.08. The first-order valence-electron chi connectivity index (χ1n) is 3.60. The van der Waals surface area contributed by atoms with E-state index in [2.05, 4.69) is 4.98 Å². The number of hydrogen-bond acceptors (Lipinski definition) is 2. The van der Waals surface area contributed by atoms with Crippen LogP contribution in [-0.4, -0.2) is 12.0 Å². The van der Waals surface area contributed by atoms with Gasteiger partial charge in [0, 0.05) is 13.2 Å². The first-order valence-corrected chi connectivity index (χ1v) is 3.60. The van der Waals surface area contributed by atoms with Gasteiger partial charge < -0.3 is 4.90 Å². The summed E-state index contributed by atoms with van der Waals surface area (Å²) in [6, 6.07) is 3.95. The second-order valence-corrected chi connectivity index (χ2v) is 2.30. The fourth-order valence-electron chi connectivity index (χ4n) is 0.872. The monoisotopic (exact) mass is 148 g/mol. The van der Waals surface area contributed by atoms with Crippen LogP contribution in [-0.2, 0) is 0 Å². The maximum Gasteiger partial charge on any atom is 0.0589 e. The van der Waals surface area contributed by atoms with Gasteiger partial charge in [-0.15, -0.1) is 0 Å². The fraction of sp³-hybridized carbons (Fsp3) is 0.222. The van der Waals surface area contributed by atoms with Crippen molar-refractivity contribution in [3.05, 3.63) is 36.8 Å². The molecule has 0 aliphatic heterocycles. The summed E-state index contributed by atoms with van der Waals surface area (Å²) in [6.07, 6.45) is 7.59. The van der Waals surface area contributed by atoms with Crippen molar-refractivity contribution >= 4 is 5.69 Å². The van der Waals surface area contributed by atoms with E-state index in [1.165, 1.54) is 0 Å². The van der Waals surface area contributed by atoms with Crippen LogP contribution in [0.15, 0.2) is 36.8 Å². The van der Waals surface area contributed by atoms with Crippen LogP contribution in [0.1, 0.15) is 6.92 Å². The molecule has 11 heavy (non-hydrogen) atoms. The number of rotatable bonds is 2. The quantitative estimate of drug-likeness (QED) is 0.638. The lowest BCUT2D eigenvalue weighted by Crippen LogP contribution is -2.07. The molecule has 0 bridgehead atoms. The van der Waals surface area contributed by atoms with Crippen molar-refractivity contribution in [3.63, 3.8) is 0 Å². The summed E-state index contributed by atoms with van der Waals surface area (Å²) < 4.78 is 0. The summed E-state index contributed by atoms with van der Waals surface area (Å²) in [6.45, 7) is 1.99. The highest BCUT2D eigenvalue weighted by molar-refractivity contribution is 5.45. The van der Waals surface area contributed by atoms with E-state index in [0.29, 0.717) is 0 Å². The van der Waals surface area contributed by atoms with Gasteiger partial charge in [0.15, 0.2) is 0 Å². The summed E-state index contributed by atoms with van der Waals surface area (Å²) in [4.78, 5) is 6.03. The van der Waals surface area contributed by atoms with E-state index < -0.39 is 0 Å². The van der Waals surface area contributed by atoms with Gasteiger partial charge in [-0.2, -0.15) is 0 Å². The Hall–Kier alpha value is -1.31. The largest absolute Gasteiger partial charge is 0.350 e. The van der Waals surface area contributed by atoms with E-state index >= 15 is 0 Å². The van der Waals surface area contributed by atoms with Crippen LogP contribution in [0.5, 0.6) is 0 Å². The number of pyridine rings is 1. The molecular weight excluding hydrogens is 136 g/mol. The summed E-state index contributed by atoms with van der Waals surface area (Å²) in [5.41, 5.74) is 1.10. The van der Waals surface area contributed by atoms with Gasteiger partial charge in [-0.05, 0) is 25.3 Å². The molecule has 0 amide bonds. The molecule has 2 heteroatoms. The Morgan fingerprint density at radius 3 is 2.91 bits per heavy atom. The van der Waals surface area contributed by atoms with Crippen LogP contribution in [0.25, 0.3) is 0 Å². The van der Waals surface area contributed by atoms with Gasteiger partial charge in [-0.3, -0.25) is 4.98 Å². The van der Waals surface area contributed by atoms with E-state index in [1.807, 2.05) is 49.5 Å². The SMILES string of the molecule is C/C=C\N(C)c1cccnc1. The average molecular weight is 148 g/mol. The second kappa shape index (κ2) is 3.76. The number of hydrogen-bond donors (Lipinski definition) is 0. The Morgan fingerprint density at radius 1 is 1.55 bits per heavy atom. The molecule has 0 atom stereocenters. The molecule has 58 valence electrons. The Balaban J connectivity index is 2.76. The van der Waals surface area contributed by atoms with Crippen molar-refractivity contribution in [1.29, 1.82) is 0 Å². The third kappa shape index (κ3) is 2.08. The van der Waals surface area contributed by atoms with Crippen molar-refractivity contribution in [2.75, 3.05) is 11.9 Å². The van der Waals surface area contributed by atoms with Gasteiger partial charge in [0.2, 0.25) is 0 Å². The zero-order chi connectivity index (χ0) is 8.10. The van der Waals surface area contributed by atoms with Crippen molar-refractivity contribution in [2.24, 2.45) is 0 Å². The van der Waals surface area contributed by atoms with E-state index in [4.69, 9.17) is 0 Å². The zero-order valence-electron chi connectivity index (χ0n) is 6.86. The third-order valence-corrected chi connectivity index (χ3v) is 1.43. The lowest BCUT2D eigenvalue weighted by molar-refractivity contribution is 1.17. The number of aromatic nitrogens is 1. The van der Waals surface area contributed by atoms with E-state index in [-0.39, 0.29) is 0 Å². The zero-order valence-corrected chi connectivity index (χ0v) is 6.86. The minimum absolute atomic E-state index is 1.10. The molecule has 1 aromatic heterocycles. The second-order valence-electron chi connectivity index (χ2n) is 2.30. The molecule has 0 saturated heterocycles. The van der Waals surface area contributed by atoms with Gasteiger partial charge in [0.25, 0.3) is 0 Å². The average Bonchev–Trinajstić information content (AvgIpc) is 2.07. The first kappa shape index (κ1) is 7.79. The number of nitrogens with zero attached hydrogens (tertiary/aromatic N) is 2. The van der Waals surface area contributed by atoms with Crippen molar-refractivity contribution in [3.8, 4) is 0 Å². The van der Waals surface area contributed by atoms with Gasteiger partial charge in [-0.25, -0.2) is 0 Å². The third-order valence-electron chi connectivity index (χ3n) is 1.43.